The van der Waals surface area contributed by atoms with Gasteiger partial charge in [-0.25, -0.2) is 4.39 Å². The van der Waals surface area contributed by atoms with Crippen LogP contribution in [-0.4, -0.2) is 24.2 Å². The Bertz CT molecular complexity index is 750. The number of hydrazine groups is 1. The number of carbonyl (C=O) groups excluding carboxylic acids is 3. The number of benzene rings is 2. The zero-order valence-corrected chi connectivity index (χ0v) is 13.3. The van der Waals surface area contributed by atoms with E-state index in [1.54, 1.807) is 36.4 Å². The summed E-state index contributed by atoms with van der Waals surface area (Å²) in [5.41, 5.74) is 4.84. The highest BCUT2D eigenvalue weighted by atomic mass is 19.1. The summed E-state index contributed by atoms with van der Waals surface area (Å²) in [5.74, 6) is -1.96. The zero-order chi connectivity index (χ0) is 18.1. The SMILES string of the molecule is O=C(CCC(=O)c1ccccc1)NNC(=O)COc1ccccc1F. The van der Waals surface area contributed by atoms with Crippen molar-refractivity contribution in [2.24, 2.45) is 0 Å². The minimum absolute atomic E-state index is 0.0252. The fraction of sp³-hybridized carbons (Fsp3) is 0.167. The molecule has 0 saturated carbocycles. The van der Waals surface area contributed by atoms with Gasteiger partial charge < -0.3 is 4.74 Å². The maximum absolute atomic E-state index is 13.3. The smallest absolute Gasteiger partial charge is 0.276 e. The standard InChI is InChI=1S/C18H17FN2O4/c19-14-8-4-5-9-16(14)25-12-18(24)21-20-17(23)11-10-15(22)13-6-2-1-3-7-13/h1-9H,10-12H2,(H,20,23)(H,21,24). The molecule has 2 aromatic rings. The molecular weight excluding hydrogens is 327 g/mol. The number of hydrogen-bond donors (Lipinski definition) is 2. The molecule has 130 valence electrons. The van der Waals surface area contributed by atoms with Crippen LogP contribution in [-0.2, 0) is 9.59 Å². The third-order valence-electron chi connectivity index (χ3n) is 3.21. The van der Waals surface area contributed by atoms with Gasteiger partial charge in [-0.15, -0.1) is 0 Å². The molecule has 6 nitrogen and oxygen atoms in total. The lowest BCUT2D eigenvalue weighted by Crippen LogP contribution is -2.43. The van der Waals surface area contributed by atoms with Gasteiger partial charge >= 0.3 is 0 Å². The quantitative estimate of drug-likeness (QED) is 0.594. The molecule has 2 aromatic carbocycles. The van der Waals surface area contributed by atoms with E-state index in [0.29, 0.717) is 5.56 Å². The van der Waals surface area contributed by atoms with Gasteiger partial charge in [0.15, 0.2) is 24.0 Å². The normalized spacial score (nSPS) is 9.96. The van der Waals surface area contributed by atoms with Gasteiger partial charge in [-0.1, -0.05) is 42.5 Å². The van der Waals surface area contributed by atoms with Crippen molar-refractivity contribution in [1.29, 1.82) is 0 Å². The third kappa shape index (κ3) is 6.06. The first kappa shape index (κ1) is 18.1. The van der Waals surface area contributed by atoms with Gasteiger partial charge in [0.05, 0.1) is 0 Å². The number of nitrogens with one attached hydrogen (secondary N) is 2. The summed E-state index contributed by atoms with van der Waals surface area (Å²) >= 11 is 0. The van der Waals surface area contributed by atoms with Gasteiger partial charge in [-0.05, 0) is 12.1 Å². The number of rotatable bonds is 7. The van der Waals surface area contributed by atoms with E-state index < -0.39 is 24.2 Å². The van der Waals surface area contributed by atoms with Gasteiger partial charge in [0.1, 0.15) is 0 Å². The maximum atomic E-state index is 13.3. The Morgan fingerprint density at radius 3 is 2.20 bits per heavy atom. The number of para-hydroxylation sites is 1. The molecule has 2 amide bonds. The van der Waals surface area contributed by atoms with Crippen LogP contribution in [0.3, 0.4) is 0 Å². The molecule has 0 unspecified atom stereocenters. The van der Waals surface area contributed by atoms with Crippen molar-refractivity contribution >= 4 is 17.6 Å². The Morgan fingerprint density at radius 1 is 0.840 bits per heavy atom. The third-order valence-corrected chi connectivity index (χ3v) is 3.21. The molecule has 0 fully saturated rings. The first-order valence-electron chi connectivity index (χ1n) is 7.59. The lowest BCUT2D eigenvalue weighted by Gasteiger charge is -2.09. The van der Waals surface area contributed by atoms with Crippen LogP contribution in [0, 0.1) is 5.82 Å². The van der Waals surface area contributed by atoms with Gasteiger partial charge in [-0.3, -0.25) is 25.2 Å². The van der Waals surface area contributed by atoms with Crippen LogP contribution >= 0.6 is 0 Å². The zero-order valence-electron chi connectivity index (χ0n) is 13.3. The van der Waals surface area contributed by atoms with Crippen LogP contribution in [0.1, 0.15) is 23.2 Å². The van der Waals surface area contributed by atoms with Crippen LogP contribution < -0.4 is 15.6 Å². The van der Waals surface area contributed by atoms with Crippen molar-refractivity contribution in [3.8, 4) is 5.75 Å². The molecule has 25 heavy (non-hydrogen) atoms. The monoisotopic (exact) mass is 344 g/mol. The average Bonchev–Trinajstić information content (AvgIpc) is 2.64. The van der Waals surface area contributed by atoms with Crippen molar-refractivity contribution in [1.82, 2.24) is 10.9 Å². The highest BCUT2D eigenvalue weighted by Crippen LogP contribution is 2.14. The average molecular weight is 344 g/mol. The van der Waals surface area contributed by atoms with Crippen molar-refractivity contribution in [3.63, 3.8) is 0 Å². The van der Waals surface area contributed by atoms with Crippen LogP contribution in [0.15, 0.2) is 54.6 Å². The summed E-state index contributed by atoms with van der Waals surface area (Å²) in [7, 11) is 0. The van der Waals surface area contributed by atoms with Gasteiger partial charge in [0, 0.05) is 18.4 Å². The van der Waals surface area contributed by atoms with Crippen LogP contribution in [0.25, 0.3) is 0 Å². The molecule has 0 aromatic heterocycles. The van der Waals surface area contributed by atoms with Crippen molar-refractivity contribution < 1.29 is 23.5 Å². The Kier molecular flexibility index (Phi) is 6.65. The van der Waals surface area contributed by atoms with E-state index in [0.717, 1.165) is 0 Å². The summed E-state index contributed by atoms with van der Waals surface area (Å²) in [5, 5.41) is 0. The first-order chi connectivity index (χ1) is 12.1. The molecule has 0 bridgehead atoms. The van der Waals surface area contributed by atoms with Crippen LogP contribution in [0.4, 0.5) is 4.39 Å². The van der Waals surface area contributed by atoms with E-state index in [1.165, 1.54) is 18.2 Å². The number of carbonyl (C=O) groups is 3. The molecule has 2 N–H and O–H groups in total. The van der Waals surface area contributed by atoms with E-state index in [1.807, 2.05) is 0 Å². The van der Waals surface area contributed by atoms with Gasteiger partial charge in [0.25, 0.3) is 5.91 Å². The van der Waals surface area contributed by atoms with Crippen LogP contribution in [0.2, 0.25) is 0 Å². The molecule has 0 spiro atoms. The fourth-order valence-corrected chi connectivity index (χ4v) is 1.94. The Morgan fingerprint density at radius 2 is 1.48 bits per heavy atom. The Labute approximate surface area is 144 Å². The van der Waals surface area contributed by atoms with E-state index in [9.17, 15) is 18.8 Å². The second kappa shape index (κ2) is 9.17. The molecule has 0 aliphatic heterocycles. The van der Waals surface area contributed by atoms with Crippen molar-refractivity contribution in [3.05, 3.63) is 66.0 Å². The van der Waals surface area contributed by atoms with E-state index in [2.05, 4.69) is 10.9 Å². The van der Waals surface area contributed by atoms with Crippen molar-refractivity contribution in [2.45, 2.75) is 12.8 Å². The summed E-state index contributed by atoms with van der Waals surface area (Å²) < 4.78 is 18.3. The number of amides is 2. The number of ether oxygens (including phenoxy) is 1. The molecule has 0 radical (unpaired) electrons. The number of Topliss-reactive ketones (excluding diaryl/α,β-unsaturated/α-hetero) is 1. The van der Waals surface area contributed by atoms with Gasteiger partial charge in [0.2, 0.25) is 5.91 Å². The molecule has 2 rings (SSSR count). The summed E-state index contributed by atoms with van der Waals surface area (Å²) in [6.45, 7) is -0.454. The van der Waals surface area contributed by atoms with E-state index in [-0.39, 0.29) is 24.4 Å². The molecule has 0 aliphatic rings. The molecular formula is C18H17FN2O4. The molecule has 7 heteroatoms. The molecule has 0 heterocycles. The minimum atomic E-state index is -0.647. The second-order valence-electron chi connectivity index (χ2n) is 5.10. The van der Waals surface area contributed by atoms with E-state index >= 15 is 0 Å². The number of halogens is 1. The largest absolute Gasteiger partial charge is 0.481 e. The highest BCUT2D eigenvalue weighted by molar-refractivity contribution is 5.98. The lowest BCUT2D eigenvalue weighted by molar-refractivity contribution is -0.130. The van der Waals surface area contributed by atoms with Crippen molar-refractivity contribution in [2.75, 3.05) is 6.61 Å². The summed E-state index contributed by atoms with van der Waals surface area (Å²) in [4.78, 5) is 35.0. The summed E-state index contributed by atoms with van der Waals surface area (Å²) in [6.07, 6.45) is -0.0420. The maximum Gasteiger partial charge on any atom is 0.276 e. The summed E-state index contributed by atoms with van der Waals surface area (Å²) in [6, 6.07) is 14.3. The molecule has 0 saturated heterocycles. The topological polar surface area (TPSA) is 84.5 Å². The Balaban J connectivity index is 1.66. The minimum Gasteiger partial charge on any atom is -0.481 e. The fourth-order valence-electron chi connectivity index (χ4n) is 1.94. The first-order valence-corrected chi connectivity index (χ1v) is 7.59. The highest BCUT2D eigenvalue weighted by Gasteiger charge is 2.10. The predicted octanol–water partition coefficient (Wildman–Crippen LogP) is 2.01. The second-order valence-corrected chi connectivity index (χ2v) is 5.10. The Hall–Kier alpha value is -3.22. The molecule has 0 aliphatic carbocycles. The predicted molar refractivity (Wildman–Crippen MR) is 88.2 cm³/mol. The number of hydrogen-bond acceptors (Lipinski definition) is 4. The number of ketones is 1. The van der Waals surface area contributed by atoms with Gasteiger partial charge in [-0.2, -0.15) is 0 Å². The lowest BCUT2D eigenvalue weighted by atomic mass is 10.1. The van der Waals surface area contributed by atoms with Crippen LogP contribution in [0.5, 0.6) is 5.75 Å². The molecule has 0 atom stereocenters. The van der Waals surface area contributed by atoms with E-state index in [4.69, 9.17) is 4.74 Å².